The molecule has 0 saturated carbocycles. The van der Waals surface area contributed by atoms with E-state index in [-0.39, 0.29) is 24.3 Å². The average molecular weight is 747 g/mol. The van der Waals surface area contributed by atoms with Crippen molar-refractivity contribution in [2.24, 2.45) is 0 Å². The van der Waals surface area contributed by atoms with Crippen molar-refractivity contribution in [2.45, 2.75) is 117 Å². The molecule has 3 rings (SSSR count). The van der Waals surface area contributed by atoms with Crippen molar-refractivity contribution >= 4 is 23.9 Å². The van der Waals surface area contributed by atoms with E-state index in [1.165, 1.54) is 75.6 Å². The van der Waals surface area contributed by atoms with E-state index in [2.05, 4.69) is 13.8 Å². The van der Waals surface area contributed by atoms with Gasteiger partial charge < -0.3 is 28.4 Å². The minimum atomic E-state index is -0.691. The van der Waals surface area contributed by atoms with Gasteiger partial charge in [-0.2, -0.15) is 0 Å². The van der Waals surface area contributed by atoms with Crippen molar-refractivity contribution in [3.8, 4) is 11.5 Å². The molecular weight excluding hydrogens is 688 g/mol. The molecule has 54 heavy (non-hydrogen) atoms. The van der Waals surface area contributed by atoms with Gasteiger partial charge in [0.2, 0.25) is 0 Å². The standard InChI is InChI=1S/C44H58O10/c1-5-7-9-11-13-15-29-49-39-25-21-37(22-26-39)43(47)53-33(3)31-51-41(45)35-17-19-36(20-18-35)42(46)52-32-34(4)54-44(48)38-23-27-40(28-24-38)50-30-16-14-12-10-8-6-2/h17-28,33-34H,5-16,29-32H2,1-4H3. The minimum absolute atomic E-state index is 0.151. The van der Waals surface area contributed by atoms with Crippen LogP contribution in [0.2, 0.25) is 0 Å². The van der Waals surface area contributed by atoms with Gasteiger partial charge in [0, 0.05) is 0 Å². The quantitative estimate of drug-likeness (QED) is 0.0445. The van der Waals surface area contributed by atoms with Crippen molar-refractivity contribution in [1.29, 1.82) is 0 Å². The van der Waals surface area contributed by atoms with Crippen LogP contribution >= 0.6 is 0 Å². The van der Waals surface area contributed by atoms with Crippen molar-refractivity contribution in [2.75, 3.05) is 26.4 Å². The highest BCUT2D eigenvalue weighted by molar-refractivity contribution is 5.93. The first-order valence-corrected chi connectivity index (χ1v) is 19.5. The summed E-state index contributed by atoms with van der Waals surface area (Å²) in [6.07, 6.45) is 12.8. The summed E-state index contributed by atoms with van der Waals surface area (Å²) in [5.74, 6) is -0.958. The molecule has 0 aromatic heterocycles. The molecule has 294 valence electrons. The third kappa shape index (κ3) is 16.9. The summed E-state index contributed by atoms with van der Waals surface area (Å²) in [5, 5.41) is 0. The average Bonchev–Trinajstić information content (AvgIpc) is 3.18. The third-order valence-corrected chi connectivity index (χ3v) is 8.58. The van der Waals surface area contributed by atoms with Crippen LogP contribution in [0, 0.1) is 0 Å². The fourth-order valence-corrected chi connectivity index (χ4v) is 5.38. The Hall–Kier alpha value is -4.86. The number of benzene rings is 3. The van der Waals surface area contributed by atoms with Crippen molar-refractivity contribution in [3.05, 3.63) is 95.1 Å². The van der Waals surface area contributed by atoms with Gasteiger partial charge in [-0.15, -0.1) is 0 Å². The summed E-state index contributed by atoms with van der Waals surface area (Å²) < 4.78 is 33.0. The van der Waals surface area contributed by atoms with Gasteiger partial charge in [-0.3, -0.25) is 0 Å². The zero-order valence-corrected chi connectivity index (χ0v) is 32.5. The molecule has 0 aliphatic rings. The number of hydrogen-bond donors (Lipinski definition) is 0. The number of ether oxygens (including phenoxy) is 6. The van der Waals surface area contributed by atoms with E-state index in [4.69, 9.17) is 28.4 Å². The van der Waals surface area contributed by atoms with Crippen molar-refractivity contribution in [3.63, 3.8) is 0 Å². The molecule has 0 heterocycles. The molecule has 0 spiro atoms. The molecule has 2 unspecified atom stereocenters. The van der Waals surface area contributed by atoms with Crippen LogP contribution < -0.4 is 9.47 Å². The Kier molecular flexibility index (Phi) is 20.3. The first-order valence-electron chi connectivity index (χ1n) is 19.5. The normalized spacial score (nSPS) is 11.9. The molecule has 0 aliphatic carbocycles. The van der Waals surface area contributed by atoms with E-state index in [0.29, 0.717) is 35.8 Å². The predicted molar refractivity (Wildman–Crippen MR) is 207 cm³/mol. The van der Waals surface area contributed by atoms with Crippen LogP contribution in [-0.4, -0.2) is 62.5 Å². The lowest BCUT2D eigenvalue weighted by molar-refractivity contribution is 0.00421. The van der Waals surface area contributed by atoms with Crippen molar-refractivity contribution in [1.82, 2.24) is 0 Å². The van der Waals surface area contributed by atoms with Gasteiger partial charge in [-0.25, -0.2) is 19.2 Å². The molecule has 0 radical (unpaired) electrons. The molecule has 0 fully saturated rings. The minimum Gasteiger partial charge on any atom is -0.494 e. The second kappa shape index (κ2) is 25.2. The highest BCUT2D eigenvalue weighted by atomic mass is 16.6. The summed E-state index contributed by atoms with van der Waals surface area (Å²) >= 11 is 0. The maximum Gasteiger partial charge on any atom is 0.338 e. The van der Waals surface area contributed by atoms with Gasteiger partial charge in [0.05, 0.1) is 35.5 Å². The number of rotatable bonds is 26. The monoisotopic (exact) mass is 746 g/mol. The van der Waals surface area contributed by atoms with E-state index in [9.17, 15) is 19.2 Å². The fourth-order valence-electron chi connectivity index (χ4n) is 5.38. The predicted octanol–water partition coefficient (Wildman–Crippen LogP) is 9.97. The first kappa shape index (κ1) is 43.5. The van der Waals surface area contributed by atoms with E-state index in [1.807, 2.05) is 0 Å². The number of unbranched alkanes of at least 4 members (excludes halogenated alkanes) is 10. The fraction of sp³-hybridized carbons (Fsp3) is 0.500. The summed E-state index contributed by atoms with van der Waals surface area (Å²) in [5.41, 5.74) is 1.15. The topological polar surface area (TPSA) is 124 Å². The molecule has 3 aromatic rings. The molecule has 10 heteroatoms. The largest absolute Gasteiger partial charge is 0.494 e. The van der Waals surface area contributed by atoms with Crippen LogP contribution in [0.3, 0.4) is 0 Å². The Morgan fingerprint density at radius 1 is 0.426 bits per heavy atom. The van der Waals surface area contributed by atoms with Crippen LogP contribution in [0.1, 0.15) is 146 Å². The lowest BCUT2D eigenvalue weighted by Crippen LogP contribution is -2.23. The first-order chi connectivity index (χ1) is 26.2. The zero-order valence-electron chi connectivity index (χ0n) is 32.5. The zero-order chi connectivity index (χ0) is 39.0. The molecule has 3 aromatic carbocycles. The van der Waals surface area contributed by atoms with Crippen LogP contribution in [0.4, 0.5) is 0 Å². The SMILES string of the molecule is CCCCCCCCOc1ccc(C(=O)OC(C)COC(=O)c2ccc(C(=O)OCC(C)OC(=O)c3ccc(OCCCCCCCC)cc3)cc2)cc1. The van der Waals surface area contributed by atoms with Gasteiger partial charge in [0.25, 0.3) is 0 Å². The van der Waals surface area contributed by atoms with Crippen LogP contribution in [0.15, 0.2) is 72.8 Å². The summed E-state index contributed by atoms with van der Waals surface area (Å²) in [6.45, 7) is 8.62. The maximum atomic E-state index is 12.6. The molecular formula is C44H58O10. The van der Waals surface area contributed by atoms with E-state index < -0.39 is 36.1 Å². The second-order valence-corrected chi connectivity index (χ2v) is 13.5. The lowest BCUT2D eigenvalue weighted by Gasteiger charge is -2.15. The number of carbonyl (C=O) groups excluding carboxylic acids is 4. The van der Waals surface area contributed by atoms with Crippen LogP contribution in [0.25, 0.3) is 0 Å². The Labute approximate surface area is 320 Å². The molecule has 0 saturated heterocycles. The molecule has 0 amide bonds. The lowest BCUT2D eigenvalue weighted by atomic mass is 10.1. The summed E-state index contributed by atoms with van der Waals surface area (Å²) in [6, 6.07) is 19.3. The van der Waals surface area contributed by atoms with Crippen LogP contribution in [-0.2, 0) is 18.9 Å². The number of esters is 4. The third-order valence-electron chi connectivity index (χ3n) is 8.58. The van der Waals surface area contributed by atoms with E-state index >= 15 is 0 Å². The van der Waals surface area contributed by atoms with Crippen molar-refractivity contribution < 1.29 is 47.6 Å². The Balaban J connectivity index is 1.32. The number of carbonyl (C=O) groups is 4. The second-order valence-electron chi connectivity index (χ2n) is 13.5. The maximum absolute atomic E-state index is 12.6. The summed E-state index contributed by atoms with van der Waals surface area (Å²) in [7, 11) is 0. The highest BCUT2D eigenvalue weighted by Gasteiger charge is 2.18. The van der Waals surface area contributed by atoms with Gasteiger partial charge in [0.15, 0.2) is 0 Å². The molecule has 0 N–H and O–H groups in total. The molecule has 0 bridgehead atoms. The van der Waals surface area contributed by atoms with Gasteiger partial charge in [-0.05, 0) is 99.5 Å². The highest BCUT2D eigenvalue weighted by Crippen LogP contribution is 2.17. The van der Waals surface area contributed by atoms with E-state index in [1.54, 1.807) is 62.4 Å². The Bertz CT molecular complexity index is 1420. The smallest absolute Gasteiger partial charge is 0.338 e. The summed E-state index contributed by atoms with van der Waals surface area (Å²) in [4.78, 5) is 50.4. The molecule has 2 atom stereocenters. The van der Waals surface area contributed by atoms with Gasteiger partial charge >= 0.3 is 23.9 Å². The van der Waals surface area contributed by atoms with Gasteiger partial charge in [-0.1, -0.05) is 78.1 Å². The van der Waals surface area contributed by atoms with E-state index in [0.717, 1.165) is 25.7 Å². The van der Waals surface area contributed by atoms with Gasteiger partial charge in [0.1, 0.15) is 36.9 Å². The molecule has 10 nitrogen and oxygen atoms in total. The van der Waals surface area contributed by atoms with Crippen LogP contribution in [0.5, 0.6) is 11.5 Å². The molecule has 0 aliphatic heterocycles. The number of hydrogen-bond acceptors (Lipinski definition) is 10. The Morgan fingerprint density at radius 3 is 1.07 bits per heavy atom. The Morgan fingerprint density at radius 2 is 0.722 bits per heavy atom.